The van der Waals surface area contributed by atoms with Crippen molar-refractivity contribution in [1.29, 1.82) is 0 Å². The minimum Gasteiger partial charge on any atom is -0.362 e. The van der Waals surface area contributed by atoms with Gasteiger partial charge in [0, 0.05) is 42.1 Å². The number of carbonyl (C=O) groups excluding carboxylic acids is 1. The van der Waals surface area contributed by atoms with Crippen LogP contribution in [0.1, 0.15) is 29.4 Å². The molecule has 2 aromatic heterocycles. The first kappa shape index (κ1) is 20.7. The minimum absolute atomic E-state index is 0.203. The second kappa shape index (κ2) is 7.58. The van der Waals surface area contributed by atoms with Crippen LogP contribution >= 0.6 is 0 Å². The van der Waals surface area contributed by atoms with Crippen molar-refractivity contribution >= 4 is 28.1 Å². The SMILES string of the molecule is CC1=C(c2ccc3ncccc3c2)C(=O)n2nc(-c3ccccc3)c(N3CCC(F)(F)C3)c2C1. The van der Waals surface area contributed by atoms with Crippen LogP contribution in [-0.2, 0) is 6.42 Å². The Bertz CT molecular complexity index is 1470. The molecule has 1 saturated heterocycles. The number of hydrogen-bond donors (Lipinski definition) is 0. The number of alkyl halides is 2. The van der Waals surface area contributed by atoms with E-state index in [0.717, 1.165) is 27.6 Å². The van der Waals surface area contributed by atoms with Gasteiger partial charge in [-0.25, -0.2) is 8.78 Å². The summed E-state index contributed by atoms with van der Waals surface area (Å²) in [4.78, 5) is 19.8. The number of benzene rings is 2. The van der Waals surface area contributed by atoms with E-state index in [1.54, 1.807) is 11.1 Å². The van der Waals surface area contributed by atoms with Crippen LogP contribution < -0.4 is 4.90 Å². The third kappa shape index (κ3) is 3.31. The van der Waals surface area contributed by atoms with Gasteiger partial charge in [-0.3, -0.25) is 9.78 Å². The number of pyridine rings is 1. The summed E-state index contributed by atoms with van der Waals surface area (Å²) < 4.78 is 29.8. The normalized spacial score (nSPS) is 17.5. The highest BCUT2D eigenvalue weighted by molar-refractivity contribution is 6.23. The molecule has 0 amide bonds. The van der Waals surface area contributed by atoms with Crippen molar-refractivity contribution in [2.24, 2.45) is 0 Å². The molecule has 2 aliphatic heterocycles. The first-order chi connectivity index (χ1) is 16.4. The molecule has 2 aromatic carbocycles. The van der Waals surface area contributed by atoms with Gasteiger partial charge in [-0.2, -0.15) is 9.78 Å². The summed E-state index contributed by atoms with van der Waals surface area (Å²) in [5.41, 5.74) is 5.84. The lowest BCUT2D eigenvalue weighted by molar-refractivity contribution is 0.0257. The van der Waals surface area contributed by atoms with E-state index in [1.807, 2.05) is 67.6 Å². The maximum Gasteiger partial charge on any atom is 0.279 e. The molecule has 0 bridgehead atoms. The van der Waals surface area contributed by atoms with Gasteiger partial charge in [-0.05, 0) is 30.7 Å². The molecule has 5 nitrogen and oxygen atoms in total. The van der Waals surface area contributed by atoms with Crippen molar-refractivity contribution in [2.75, 3.05) is 18.0 Å². The Morgan fingerprint density at radius 2 is 1.82 bits per heavy atom. The maximum absolute atomic E-state index is 14.2. The number of fused-ring (bicyclic) bond motifs is 2. The van der Waals surface area contributed by atoms with Crippen molar-refractivity contribution in [3.05, 3.63) is 83.7 Å². The van der Waals surface area contributed by atoms with Gasteiger partial charge in [0.25, 0.3) is 11.8 Å². The molecule has 0 unspecified atom stereocenters. The van der Waals surface area contributed by atoms with Crippen LogP contribution in [-0.4, -0.2) is 39.7 Å². The smallest absolute Gasteiger partial charge is 0.279 e. The average Bonchev–Trinajstić information content (AvgIpc) is 3.39. The van der Waals surface area contributed by atoms with E-state index in [2.05, 4.69) is 4.98 Å². The Labute approximate surface area is 195 Å². The monoisotopic (exact) mass is 456 g/mol. The number of halogens is 2. The number of carbonyl (C=O) groups is 1. The van der Waals surface area contributed by atoms with Crippen molar-refractivity contribution in [2.45, 2.75) is 25.7 Å². The second-order valence-electron chi connectivity index (χ2n) is 9.00. The van der Waals surface area contributed by atoms with Gasteiger partial charge in [0.2, 0.25) is 0 Å². The van der Waals surface area contributed by atoms with Crippen LogP contribution in [0.5, 0.6) is 0 Å². The van der Waals surface area contributed by atoms with Gasteiger partial charge in [-0.1, -0.05) is 48.0 Å². The Balaban J connectivity index is 1.49. The number of hydrogen-bond acceptors (Lipinski definition) is 4. The predicted octanol–water partition coefficient (Wildman–Crippen LogP) is 5.61. The summed E-state index contributed by atoms with van der Waals surface area (Å²) in [6.07, 6.45) is 2.00. The quantitative estimate of drug-likeness (QED) is 0.402. The van der Waals surface area contributed by atoms with E-state index in [-0.39, 0.29) is 25.4 Å². The van der Waals surface area contributed by atoms with Crippen molar-refractivity contribution in [3.8, 4) is 11.3 Å². The zero-order valence-electron chi connectivity index (χ0n) is 18.6. The van der Waals surface area contributed by atoms with Gasteiger partial charge in [-0.15, -0.1) is 0 Å². The summed E-state index contributed by atoms with van der Waals surface area (Å²) in [5, 5.41) is 5.65. The van der Waals surface area contributed by atoms with E-state index >= 15 is 0 Å². The standard InChI is InChI=1S/C27H22F2N4O/c1-17-14-22-25(32-13-11-27(28,29)16-32)24(18-6-3-2-4-7-18)31-33(22)26(34)23(17)20-9-10-21-19(15-20)8-5-12-30-21/h2-10,12,15H,11,13-14,16H2,1H3. The maximum atomic E-state index is 14.2. The predicted molar refractivity (Wildman–Crippen MR) is 128 cm³/mol. The largest absolute Gasteiger partial charge is 0.362 e. The van der Waals surface area contributed by atoms with Crippen molar-refractivity contribution in [3.63, 3.8) is 0 Å². The third-order valence-corrected chi connectivity index (χ3v) is 6.64. The Morgan fingerprint density at radius 3 is 2.59 bits per heavy atom. The van der Waals surface area contributed by atoms with Crippen LogP contribution in [0, 0.1) is 0 Å². The molecule has 1 fully saturated rings. The van der Waals surface area contributed by atoms with E-state index in [4.69, 9.17) is 5.10 Å². The van der Waals surface area contributed by atoms with Crippen LogP contribution in [0.15, 0.2) is 72.4 Å². The van der Waals surface area contributed by atoms with Gasteiger partial charge < -0.3 is 4.90 Å². The fraction of sp³-hybridized carbons (Fsp3) is 0.222. The highest BCUT2D eigenvalue weighted by atomic mass is 19.3. The summed E-state index contributed by atoms with van der Waals surface area (Å²) in [6, 6.07) is 19.1. The molecule has 0 saturated carbocycles. The first-order valence-corrected chi connectivity index (χ1v) is 11.3. The first-order valence-electron chi connectivity index (χ1n) is 11.3. The van der Waals surface area contributed by atoms with Crippen molar-refractivity contribution in [1.82, 2.24) is 14.8 Å². The number of allylic oxidation sites excluding steroid dienone is 2. The second-order valence-corrected chi connectivity index (χ2v) is 9.00. The minimum atomic E-state index is -2.75. The fourth-order valence-electron chi connectivity index (χ4n) is 5.05. The number of rotatable bonds is 3. The summed E-state index contributed by atoms with van der Waals surface area (Å²) in [7, 11) is 0. The molecule has 4 aromatic rings. The Kier molecular flexibility index (Phi) is 4.62. The zero-order chi connectivity index (χ0) is 23.4. The average molecular weight is 456 g/mol. The molecule has 7 heteroatoms. The van der Waals surface area contributed by atoms with E-state index in [1.165, 1.54) is 4.68 Å². The molecule has 0 radical (unpaired) electrons. The van der Waals surface area contributed by atoms with E-state index in [9.17, 15) is 13.6 Å². The van der Waals surface area contributed by atoms with Crippen LogP contribution in [0.2, 0.25) is 0 Å². The molecule has 0 atom stereocenters. The molecule has 0 spiro atoms. The van der Waals surface area contributed by atoms with Gasteiger partial charge in [0.1, 0.15) is 5.69 Å². The van der Waals surface area contributed by atoms with Crippen molar-refractivity contribution < 1.29 is 13.6 Å². The number of anilines is 1. The number of aromatic nitrogens is 3. The fourth-order valence-corrected chi connectivity index (χ4v) is 5.05. The van der Waals surface area contributed by atoms with Gasteiger partial charge in [0.15, 0.2) is 0 Å². The summed E-state index contributed by atoms with van der Waals surface area (Å²) in [6.45, 7) is 1.79. The highest BCUT2D eigenvalue weighted by Crippen LogP contribution is 2.42. The molecule has 170 valence electrons. The lowest BCUT2D eigenvalue weighted by atomic mass is 9.92. The Morgan fingerprint density at radius 1 is 1.00 bits per heavy atom. The lowest BCUT2D eigenvalue weighted by Gasteiger charge is -2.24. The van der Waals surface area contributed by atoms with E-state index in [0.29, 0.717) is 29.1 Å². The molecular formula is C27H22F2N4O. The van der Waals surface area contributed by atoms with Crippen LogP contribution in [0.3, 0.4) is 0 Å². The molecule has 2 aliphatic rings. The van der Waals surface area contributed by atoms with E-state index < -0.39 is 5.92 Å². The molecule has 6 rings (SSSR count). The molecule has 4 heterocycles. The molecular weight excluding hydrogens is 434 g/mol. The van der Waals surface area contributed by atoms with Crippen LogP contribution in [0.4, 0.5) is 14.5 Å². The molecule has 0 N–H and O–H groups in total. The third-order valence-electron chi connectivity index (χ3n) is 6.64. The zero-order valence-corrected chi connectivity index (χ0v) is 18.6. The molecule has 34 heavy (non-hydrogen) atoms. The Hall–Kier alpha value is -3.87. The summed E-state index contributed by atoms with van der Waals surface area (Å²) in [5.74, 6) is -2.99. The highest BCUT2D eigenvalue weighted by Gasteiger charge is 2.42. The van der Waals surface area contributed by atoms with Gasteiger partial charge >= 0.3 is 0 Å². The summed E-state index contributed by atoms with van der Waals surface area (Å²) >= 11 is 0. The number of nitrogens with zero attached hydrogens (tertiary/aromatic N) is 4. The van der Waals surface area contributed by atoms with Gasteiger partial charge in [0.05, 0.1) is 23.4 Å². The topological polar surface area (TPSA) is 51.0 Å². The van der Waals surface area contributed by atoms with Crippen LogP contribution in [0.25, 0.3) is 27.7 Å². The lowest BCUT2D eigenvalue weighted by Crippen LogP contribution is -2.28. The molecule has 0 aliphatic carbocycles.